The number of amides is 2. The summed E-state index contributed by atoms with van der Waals surface area (Å²) in [6.45, 7) is 4.93. The fourth-order valence-electron chi connectivity index (χ4n) is 4.19. The Morgan fingerprint density at radius 1 is 0.882 bits per heavy atom. The number of carbonyl (C=O) groups excluding carboxylic acids is 2. The normalized spacial score (nSPS) is 18.6. The first kappa shape index (κ1) is 24.7. The van der Waals surface area contributed by atoms with E-state index in [0.717, 1.165) is 17.1 Å². The number of nitrogens with zero attached hydrogens (tertiary/aromatic N) is 2. The maximum atomic E-state index is 13.2. The van der Waals surface area contributed by atoms with Crippen LogP contribution in [0, 0.1) is 0 Å². The topological polar surface area (TPSA) is 108 Å². The van der Waals surface area contributed by atoms with E-state index in [4.69, 9.17) is 4.74 Å². The zero-order valence-electron chi connectivity index (χ0n) is 19.1. The zero-order valence-corrected chi connectivity index (χ0v) is 20.7. The van der Waals surface area contributed by atoms with Crippen molar-refractivity contribution < 1.29 is 22.7 Å². The third-order valence-electron chi connectivity index (χ3n) is 5.83. The van der Waals surface area contributed by atoms with Crippen LogP contribution in [-0.2, 0) is 24.3 Å². The second-order valence-electron chi connectivity index (χ2n) is 8.30. The van der Waals surface area contributed by atoms with Crippen molar-refractivity contribution in [2.45, 2.75) is 42.2 Å². The molecular weight excluding hydrogens is 476 g/mol. The number of sulfonamides is 1. The first-order chi connectivity index (χ1) is 16.2. The van der Waals surface area contributed by atoms with Gasteiger partial charge in [0.15, 0.2) is 0 Å². The molecule has 2 aromatic carbocycles. The van der Waals surface area contributed by atoms with E-state index >= 15 is 0 Å². The lowest BCUT2D eigenvalue weighted by atomic mass is 10.0. The molecule has 0 atom stereocenters. The molecule has 1 spiro atoms. The molecule has 182 valence electrons. The molecule has 2 aromatic rings. The van der Waals surface area contributed by atoms with Crippen LogP contribution in [0.5, 0.6) is 0 Å². The summed E-state index contributed by atoms with van der Waals surface area (Å²) in [6, 6.07) is 13.8. The highest BCUT2D eigenvalue weighted by molar-refractivity contribution is 7.97. The molecule has 0 bridgehead atoms. The van der Waals surface area contributed by atoms with Gasteiger partial charge in [-0.1, -0.05) is 0 Å². The predicted octanol–water partition coefficient (Wildman–Crippen LogP) is 3.12. The lowest BCUT2D eigenvalue weighted by Crippen LogP contribution is -2.52. The van der Waals surface area contributed by atoms with E-state index in [2.05, 4.69) is 14.9 Å². The van der Waals surface area contributed by atoms with E-state index in [1.165, 1.54) is 30.3 Å². The first-order valence-electron chi connectivity index (χ1n) is 11.0. The third-order valence-corrected chi connectivity index (χ3v) is 8.96. The number of anilines is 2. The lowest BCUT2D eigenvalue weighted by molar-refractivity contribution is -0.115. The van der Waals surface area contributed by atoms with E-state index in [9.17, 15) is 18.0 Å². The minimum atomic E-state index is -3.64. The minimum Gasteiger partial charge on any atom is -0.358 e. The van der Waals surface area contributed by atoms with E-state index < -0.39 is 15.7 Å². The van der Waals surface area contributed by atoms with Gasteiger partial charge in [0.1, 0.15) is 5.72 Å². The average molecular weight is 505 g/mol. The van der Waals surface area contributed by atoms with E-state index in [0.29, 0.717) is 38.2 Å². The van der Waals surface area contributed by atoms with Gasteiger partial charge in [0.2, 0.25) is 21.8 Å². The number of piperidine rings is 1. The fourth-order valence-corrected chi connectivity index (χ4v) is 6.71. The Balaban J connectivity index is 1.40. The van der Waals surface area contributed by atoms with Crippen molar-refractivity contribution in [2.24, 2.45) is 0 Å². The minimum absolute atomic E-state index is 0.113. The molecule has 0 aliphatic carbocycles. The molecule has 2 saturated heterocycles. The van der Waals surface area contributed by atoms with Gasteiger partial charge in [-0.25, -0.2) is 12.7 Å². The van der Waals surface area contributed by atoms with Crippen LogP contribution in [0.4, 0.5) is 11.4 Å². The average Bonchev–Trinajstić information content (AvgIpc) is 3.16. The van der Waals surface area contributed by atoms with E-state index in [-0.39, 0.29) is 16.7 Å². The standard InChI is InChI=1S/C23H28N4O5S2/c1-17(28)24-19-3-7-21(8-4-19)33-27-15-16-32-23(27)11-13-26(14-12-23)34(30,31)22-9-5-20(6-10-22)25-18(2)29/h3-10H,11-16H2,1-2H3,(H,24,28)(H,25,29). The molecule has 9 nitrogen and oxygen atoms in total. The third kappa shape index (κ3) is 5.44. The van der Waals surface area contributed by atoms with Crippen LogP contribution in [0.2, 0.25) is 0 Å². The number of benzene rings is 2. The van der Waals surface area contributed by atoms with Crippen molar-refractivity contribution in [3.05, 3.63) is 48.5 Å². The van der Waals surface area contributed by atoms with Crippen LogP contribution >= 0.6 is 11.9 Å². The fraction of sp³-hybridized carbons (Fsp3) is 0.391. The van der Waals surface area contributed by atoms with Gasteiger partial charge < -0.3 is 15.4 Å². The number of hydrogen-bond acceptors (Lipinski definition) is 7. The molecule has 2 N–H and O–H groups in total. The summed E-state index contributed by atoms with van der Waals surface area (Å²) in [5.41, 5.74) is 0.788. The molecule has 0 unspecified atom stereocenters. The van der Waals surface area contributed by atoms with Crippen LogP contribution in [0.15, 0.2) is 58.3 Å². The molecule has 2 heterocycles. The number of nitrogens with one attached hydrogen (secondary N) is 2. The second kappa shape index (κ2) is 10.0. The summed E-state index contributed by atoms with van der Waals surface area (Å²) in [7, 11) is -3.64. The van der Waals surface area contributed by atoms with Crippen molar-refractivity contribution >= 4 is 45.2 Å². The van der Waals surface area contributed by atoms with E-state index in [1.54, 1.807) is 24.1 Å². The maximum absolute atomic E-state index is 13.2. The molecule has 0 saturated carbocycles. The van der Waals surface area contributed by atoms with Crippen molar-refractivity contribution in [1.29, 1.82) is 0 Å². The Kier molecular flexibility index (Phi) is 7.29. The van der Waals surface area contributed by atoms with Crippen molar-refractivity contribution in [2.75, 3.05) is 36.9 Å². The Hall–Kier alpha value is -2.44. The van der Waals surface area contributed by atoms with Gasteiger partial charge in [0.25, 0.3) is 0 Å². The monoisotopic (exact) mass is 504 g/mol. The van der Waals surface area contributed by atoms with Gasteiger partial charge >= 0.3 is 0 Å². The Bertz CT molecular complexity index is 1140. The molecule has 11 heteroatoms. The zero-order chi connectivity index (χ0) is 24.3. The van der Waals surface area contributed by atoms with Gasteiger partial charge in [-0.15, -0.1) is 0 Å². The highest BCUT2D eigenvalue weighted by atomic mass is 32.2. The molecule has 2 fully saturated rings. The molecule has 4 rings (SSSR count). The SMILES string of the molecule is CC(=O)Nc1ccc(SN2CCOC23CCN(S(=O)(=O)c2ccc(NC(C)=O)cc2)CC3)cc1. The summed E-state index contributed by atoms with van der Waals surface area (Å²) in [4.78, 5) is 23.6. The Morgan fingerprint density at radius 3 is 1.94 bits per heavy atom. The largest absolute Gasteiger partial charge is 0.358 e. The summed E-state index contributed by atoms with van der Waals surface area (Å²) in [6.07, 6.45) is 1.13. The molecule has 34 heavy (non-hydrogen) atoms. The van der Waals surface area contributed by atoms with Crippen molar-refractivity contribution in [1.82, 2.24) is 8.61 Å². The van der Waals surface area contributed by atoms with Gasteiger partial charge in [-0.3, -0.25) is 9.59 Å². The summed E-state index contributed by atoms with van der Waals surface area (Å²) in [5, 5.41) is 5.40. The molecule has 2 aliphatic heterocycles. The lowest BCUT2D eigenvalue weighted by Gasteiger charge is -2.42. The molecular formula is C23H28N4O5S2. The second-order valence-corrected chi connectivity index (χ2v) is 11.3. The van der Waals surface area contributed by atoms with Gasteiger partial charge in [-0.2, -0.15) is 4.31 Å². The van der Waals surface area contributed by atoms with Crippen LogP contribution in [0.1, 0.15) is 26.7 Å². The van der Waals surface area contributed by atoms with Crippen LogP contribution in [0.25, 0.3) is 0 Å². The highest BCUT2D eigenvalue weighted by Crippen LogP contribution is 2.42. The number of ether oxygens (including phenoxy) is 1. The van der Waals surface area contributed by atoms with Gasteiger partial charge in [-0.05, 0) is 60.5 Å². The molecule has 0 aromatic heterocycles. The quantitative estimate of drug-likeness (QED) is 0.582. The molecule has 2 aliphatic rings. The summed E-state index contributed by atoms with van der Waals surface area (Å²) >= 11 is 1.59. The number of hydrogen-bond donors (Lipinski definition) is 2. The van der Waals surface area contributed by atoms with Crippen molar-refractivity contribution in [3.63, 3.8) is 0 Å². The number of rotatable bonds is 6. The molecule has 2 amide bonds. The summed E-state index contributed by atoms with van der Waals surface area (Å²) < 4.78 is 36.2. The van der Waals surface area contributed by atoms with Gasteiger partial charge in [0, 0.05) is 62.6 Å². The Labute approximate surface area is 204 Å². The molecule has 0 radical (unpaired) electrons. The first-order valence-corrected chi connectivity index (χ1v) is 13.2. The van der Waals surface area contributed by atoms with E-state index in [1.807, 2.05) is 24.3 Å². The predicted molar refractivity (Wildman–Crippen MR) is 131 cm³/mol. The van der Waals surface area contributed by atoms with Gasteiger partial charge in [0.05, 0.1) is 11.5 Å². The maximum Gasteiger partial charge on any atom is 0.243 e. The van der Waals surface area contributed by atoms with Crippen LogP contribution in [-0.4, -0.2) is 60.8 Å². The Morgan fingerprint density at radius 2 is 1.41 bits per heavy atom. The summed E-state index contributed by atoms with van der Waals surface area (Å²) in [5.74, 6) is -0.322. The van der Waals surface area contributed by atoms with Crippen LogP contribution < -0.4 is 10.6 Å². The van der Waals surface area contributed by atoms with Crippen molar-refractivity contribution in [3.8, 4) is 0 Å². The number of carbonyl (C=O) groups is 2. The van der Waals surface area contributed by atoms with Crippen LogP contribution in [0.3, 0.4) is 0 Å². The highest BCUT2D eigenvalue weighted by Gasteiger charge is 2.47. The smallest absolute Gasteiger partial charge is 0.243 e.